The number of anilines is 1. The maximum atomic E-state index is 4.59. The molecule has 1 aromatic carbocycles. The van der Waals surface area contributed by atoms with Crippen molar-refractivity contribution in [2.75, 3.05) is 31.5 Å². The normalized spacial score (nSPS) is 16.2. The zero-order valence-electron chi connectivity index (χ0n) is 12.9. The molecule has 0 unspecified atom stereocenters. The van der Waals surface area contributed by atoms with E-state index in [1.165, 1.54) is 56.4 Å². The molecule has 1 N–H and O–H groups in total. The Balaban J connectivity index is 1.57. The van der Waals surface area contributed by atoms with Crippen LogP contribution in [0.1, 0.15) is 31.4 Å². The van der Waals surface area contributed by atoms with Crippen LogP contribution in [0.4, 0.5) is 5.69 Å². The second-order valence-corrected chi connectivity index (χ2v) is 6.01. The van der Waals surface area contributed by atoms with Gasteiger partial charge in [-0.25, -0.2) is 0 Å². The average molecular weight is 283 g/mol. The molecule has 2 aromatic rings. The van der Waals surface area contributed by atoms with E-state index in [2.05, 4.69) is 52.5 Å². The Bertz CT molecular complexity index is 588. The molecule has 2 heterocycles. The number of benzene rings is 1. The second kappa shape index (κ2) is 6.90. The topological polar surface area (TPSA) is 28.2 Å². The molecule has 3 rings (SSSR count). The van der Waals surface area contributed by atoms with E-state index in [9.17, 15) is 0 Å². The van der Waals surface area contributed by atoms with Gasteiger partial charge in [0.15, 0.2) is 0 Å². The van der Waals surface area contributed by atoms with Gasteiger partial charge in [0.2, 0.25) is 0 Å². The highest BCUT2D eigenvalue weighted by Crippen LogP contribution is 2.22. The summed E-state index contributed by atoms with van der Waals surface area (Å²) in [6.45, 7) is 6.89. The van der Waals surface area contributed by atoms with Gasteiger partial charge in [-0.15, -0.1) is 0 Å². The van der Waals surface area contributed by atoms with Crippen LogP contribution in [-0.2, 0) is 0 Å². The van der Waals surface area contributed by atoms with Crippen LogP contribution in [0.2, 0.25) is 0 Å². The van der Waals surface area contributed by atoms with Crippen molar-refractivity contribution in [1.82, 2.24) is 9.88 Å². The Hall–Kier alpha value is -1.61. The number of pyridine rings is 1. The van der Waals surface area contributed by atoms with Crippen molar-refractivity contribution in [2.24, 2.45) is 0 Å². The first-order chi connectivity index (χ1) is 10.3. The van der Waals surface area contributed by atoms with Gasteiger partial charge in [0.25, 0.3) is 0 Å². The van der Waals surface area contributed by atoms with E-state index in [1.54, 1.807) is 0 Å². The molecule has 1 saturated heterocycles. The number of hydrogen-bond acceptors (Lipinski definition) is 3. The van der Waals surface area contributed by atoms with Crippen LogP contribution >= 0.6 is 0 Å². The van der Waals surface area contributed by atoms with Crippen molar-refractivity contribution in [2.45, 2.75) is 32.6 Å². The molecule has 21 heavy (non-hydrogen) atoms. The predicted molar refractivity (Wildman–Crippen MR) is 89.9 cm³/mol. The van der Waals surface area contributed by atoms with E-state index in [4.69, 9.17) is 0 Å². The minimum absolute atomic E-state index is 1.03. The number of piperidine rings is 1. The van der Waals surface area contributed by atoms with E-state index >= 15 is 0 Å². The fourth-order valence-electron chi connectivity index (χ4n) is 3.16. The van der Waals surface area contributed by atoms with Gasteiger partial charge in [-0.3, -0.25) is 4.98 Å². The predicted octanol–water partition coefficient (Wildman–Crippen LogP) is 3.83. The smallest absolute Gasteiger partial charge is 0.0725 e. The van der Waals surface area contributed by atoms with Gasteiger partial charge in [-0.05, 0) is 58.0 Å². The number of likely N-dealkylation sites (tertiary alicyclic amines) is 1. The van der Waals surface area contributed by atoms with Gasteiger partial charge in [0, 0.05) is 23.3 Å². The Morgan fingerprint density at radius 2 is 1.95 bits per heavy atom. The minimum atomic E-state index is 1.03. The van der Waals surface area contributed by atoms with E-state index < -0.39 is 0 Å². The maximum absolute atomic E-state index is 4.59. The first-order valence-corrected chi connectivity index (χ1v) is 8.15. The Kier molecular flexibility index (Phi) is 4.71. The highest BCUT2D eigenvalue weighted by Gasteiger charge is 2.09. The molecule has 3 heteroatoms. The van der Waals surface area contributed by atoms with E-state index in [0.717, 1.165) is 17.8 Å². The summed E-state index contributed by atoms with van der Waals surface area (Å²) < 4.78 is 0. The number of aromatic nitrogens is 1. The van der Waals surface area contributed by atoms with Crippen LogP contribution in [0.15, 0.2) is 30.3 Å². The number of aryl methyl sites for hydroxylation is 1. The van der Waals surface area contributed by atoms with Crippen molar-refractivity contribution in [3.63, 3.8) is 0 Å². The van der Waals surface area contributed by atoms with E-state index in [0.29, 0.717) is 0 Å². The molecule has 0 amide bonds. The SMILES string of the molecule is Cc1cc(NCCCN2CCCCC2)c2ccccc2n1. The van der Waals surface area contributed by atoms with Crippen molar-refractivity contribution in [3.05, 3.63) is 36.0 Å². The second-order valence-electron chi connectivity index (χ2n) is 6.01. The molecule has 0 aliphatic carbocycles. The third-order valence-corrected chi connectivity index (χ3v) is 4.26. The molecule has 1 aliphatic heterocycles. The average Bonchev–Trinajstić information content (AvgIpc) is 2.52. The van der Waals surface area contributed by atoms with Crippen molar-refractivity contribution in [1.29, 1.82) is 0 Å². The molecular weight excluding hydrogens is 258 g/mol. The summed E-state index contributed by atoms with van der Waals surface area (Å²) in [5.41, 5.74) is 3.38. The van der Waals surface area contributed by atoms with Crippen LogP contribution in [-0.4, -0.2) is 36.1 Å². The molecule has 112 valence electrons. The molecule has 0 spiro atoms. The Morgan fingerprint density at radius 3 is 2.81 bits per heavy atom. The molecule has 1 aromatic heterocycles. The van der Waals surface area contributed by atoms with Crippen LogP contribution in [0.3, 0.4) is 0 Å². The molecule has 1 aliphatic rings. The summed E-state index contributed by atoms with van der Waals surface area (Å²) in [6, 6.07) is 10.5. The lowest BCUT2D eigenvalue weighted by atomic mass is 10.1. The lowest BCUT2D eigenvalue weighted by Crippen LogP contribution is -2.31. The third kappa shape index (κ3) is 3.73. The molecule has 3 nitrogen and oxygen atoms in total. The van der Waals surface area contributed by atoms with Gasteiger partial charge in [-0.2, -0.15) is 0 Å². The minimum Gasteiger partial charge on any atom is -0.384 e. The largest absolute Gasteiger partial charge is 0.384 e. The third-order valence-electron chi connectivity index (χ3n) is 4.26. The zero-order valence-corrected chi connectivity index (χ0v) is 12.9. The number of nitrogens with one attached hydrogen (secondary N) is 1. The summed E-state index contributed by atoms with van der Waals surface area (Å²) in [4.78, 5) is 7.19. The lowest BCUT2D eigenvalue weighted by Gasteiger charge is -2.26. The molecule has 0 atom stereocenters. The number of rotatable bonds is 5. The molecule has 0 bridgehead atoms. The summed E-state index contributed by atoms with van der Waals surface area (Å²) >= 11 is 0. The molecular formula is C18H25N3. The quantitative estimate of drug-likeness (QED) is 0.845. The zero-order chi connectivity index (χ0) is 14.5. The monoisotopic (exact) mass is 283 g/mol. The van der Waals surface area contributed by atoms with Crippen molar-refractivity contribution < 1.29 is 0 Å². The van der Waals surface area contributed by atoms with Gasteiger partial charge in [-0.1, -0.05) is 24.6 Å². The lowest BCUT2D eigenvalue weighted by molar-refractivity contribution is 0.228. The molecule has 0 saturated carbocycles. The van der Waals surface area contributed by atoms with Gasteiger partial charge in [0.1, 0.15) is 0 Å². The van der Waals surface area contributed by atoms with E-state index in [-0.39, 0.29) is 0 Å². The summed E-state index contributed by atoms with van der Waals surface area (Å²) in [5, 5.41) is 4.82. The Morgan fingerprint density at radius 1 is 1.14 bits per heavy atom. The standard InChI is InChI=1S/C18H25N3/c1-15-14-18(16-8-3-4-9-17(16)20-15)19-10-7-13-21-11-5-2-6-12-21/h3-4,8-9,14H,2,5-7,10-13H2,1H3,(H,19,20). The van der Waals surface area contributed by atoms with E-state index in [1.807, 2.05) is 0 Å². The fourth-order valence-corrected chi connectivity index (χ4v) is 3.16. The van der Waals surface area contributed by atoms with Gasteiger partial charge < -0.3 is 10.2 Å². The summed E-state index contributed by atoms with van der Waals surface area (Å²) in [7, 11) is 0. The van der Waals surface area contributed by atoms with Crippen LogP contribution in [0.25, 0.3) is 10.9 Å². The highest BCUT2D eigenvalue weighted by atomic mass is 15.1. The van der Waals surface area contributed by atoms with Crippen molar-refractivity contribution >= 4 is 16.6 Å². The number of nitrogens with zero attached hydrogens (tertiary/aromatic N) is 2. The van der Waals surface area contributed by atoms with Gasteiger partial charge >= 0.3 is 0 Å². The van der Waals surface area contributed by atoms with Crippen LogP contribution < -0.4 is 5.32 Å². The van der Waals surface area contributed by atoms with Crippen molar-refractivity contribution in [3.8, 4) is 0 Å². The highest BCUT2D eigenvalue weighted by molar-refractivity contribution is 5.91. The maximum Gasteiger partial charge on any atom is 0.0725 e. The molecule has 0 radical (unpaired) electrons. The van der Waals surface area contributed by atoms with Gasteiger partial charge in [0.05, 0.1) is 5.52 Å². The number of hydrogen-bond donors (Lipinski definition) is 1. The Labute approximate surface area is 127 Å². The first-order valence-electron chi connectivity index (χ1n) is 8.15. The first kappa shape index (κ1) is 14.3. The summed E-state index contributed by atoms with van der Waals surface area (Å²) in [5.74, 6) is 0. The van der Waals surface area contributed by atoms with Crippen LogP contribution in [0.5, 0.6) is 0 Å². The number of para-hydroxylation sites is 1. The van der Waals surface area contributed by atoms with Crippen LogP contribution in [0, 0.1) is 6.92 Å². The number of fused-ring (bicyclic) bond motifs is 1. The fraction of sp³-hybridized carbons (Fsp3) is 0.500. The summed E-state index contributed by atoms with van der Waals surface area (Å²) in [6.07, 6.45) is 5.37. The molecule has 1 fully saturated rings.